The molecule has 4 aromatic rings. The number of Topliss-reactive ketones (excluding diaryl/α,β-unsaturated/α-hetero) is 1. The zero-order valence-corrected chi connectivity index (χ0v) is 14.4. The van der Waals surface area contributed by atoms with Gasteiger partial charge in [0.2, 0.25) is 5.16 Å². The van der Waals surface area contributed by atoms with Crippen molar-refractivity contribution in [2.45, 2.75) is 5.16 Å². The molecule has 5 nitrogen and oxygen atoms in total. The van der Waals surface area contributed by atoms with Crippen LogP contribution in [0.5, 0.6) is 0 Å². The highest BCUT2D eigenvalue weighted by molar-refractivity contribution is 7.99. The van der Waals surface area contributed by atoms with Gasteiger partial charge in [0.05, 0.1) is 11.3 Å². The maximum Gasteiger partial charge on any atom is 0.211 e. The number of benzene rings is 2. The normalized spacial score (nSPS) is 11.3. The van der Waals surface area contributed by atoms with E-state index in [1.165, 1.54) is 36.4 Å². The lowest BCUT2D eigenvalue weighted by atomic mass is 10.1. The van der Waals surface area contributed by atoms with E-state index in [4.69, 9.17) is 0 Å². The van der Waals surface area contributed by atoms with Crippen LogP contribution in [0.2, 0.25) is 0 Å². The van der Waals surface area contributed by atoms with E-state index >= 15 is 0 Å². The minimum Gasteiger partial charge on any atom is -0.327 e. The van der Waals surface area contributed by atoms with E-state index in [0.717, 1.165) is 17.3 Å². The Labute approximate surface area is 151 Å². The molecular formula is C18H12F2N4OS. The van der Waals surface area contributed by atoms with Crippen LogP contribution in [0.3, 0.4) is 0 Å². The molecule has 0 aliphatic heterocycles. The van der Waals surface area contributed by atoms with Crippen molar-refractivity contribution in [3.8, 4) is 0 Å². The van der Waals surface area contributed by atoms with Crippen molar-refractivity contribution in [3.63, 3.8) is 0 Å². The Hall–Kier alpha value is -2.87. The predicted molar refractivity (Wildman–Crippen MR) is 95.2 cm³/mol. The molecule has 0 saturated carbocycles. The van der Waals surface area contributed by atoms with E-state index in [1.54, 1.807) is 6.07 Å². The fourth-order valence-corrected chi connectivity index (χ4v) is 3.40. The van der Waals surface area contributed by atoms with Crippen molar-refractivity contribution in [2.75, 3.05) is 5.75 Å². The monoisotopic (exact) mass is 370 g/mol. The number of hydrogen-bond donors (Lipinski definition) is 0. The van der Waals surface area contributed by atoms with Gasteiger partial charge in [0.15, 0.2) is 11.4 Å². The lowest BCUT2D eigenvalue weighted by molar-refractivity contribution is 0.102. The molecule has 130 valence electrons. The molecular weight excluding hydrogens is 358 g/mol. The summed E-state index contributed by atoms with van der Waals surface area (Å²) in [6.07, 6.45) is 0. The first-order valence-corrected chi connectivity index (χ1v) is 8.71. The average Bonchev–Trinajstić information content (AvgIpc) is 2.92. The number of halogens is 2. The Bertz CT molecular complexity index is 1140. The summed E-state index contributed by atoms with van der Waals surface area (Å²) in [5.41, 5.74) is 2.30. The van der Waals surface area contributed by atoms with Gasteiger partial charge in [0, 0.05) is 18.0 Å². The first kappa shape index (κ1) is 16.6. The molecule has 0 aliphatic carbocycles. The highest BCUT2D eigenvalue weighted by Crippen LogP contribution is 2.27. The summed E-state index contributed by atoms with van der Waals surface area (Å²) >= 11 is 1.15. The number of nitrogens with zero attached hydrogens (tertiary/aromatic N) is 4. The number of rotatable bonds is 4. The van der Waals surface area contributed by atoms with Crippen LogP contribution in [0.25, 0.3) is 22.1 Å². The second-order valence-electron chi connectivity index (χ2n) is 5.71. The number of aromatic nitrogens is 4. The SMILES string of the molecule is Cn1c2ccc(F)cc2c2nnc(SCC(=O)c3ccc(F)cc3)nc21. The molecule has 0 bridgehead atoms. The molecule has 2 aromatic heterocycles. The largest absolute Gasteiger partial charge is 0.327 e. The summed E-state index contributed by atoms with van der Waals surface area (Å²) in [6, 6.07) is 9.83. The summed E-state index contributed by atoms with van der Waals surface area (Å²) in [4.78, 5) is 16.6. The summed E-state index contributed by atoms with van der Waals surface area (Å²) < 4.78 is 28.2. The summed E-state index contributed by atoms with van der Waals surface area (Å²) in [5, 5.41) is 9.17. The highest BCUT2D eigenvalue weighted by Gasteiger charge is 2.15. The molecule has 26 heavy (non-hydrogen) atoms. The maximum absolute atomic E-state index is 13.5. The molecule has 8 heteroatoms. The van der Waals surface area contributed by atoms with Crippen LogP contribution in [-0.4, -0.2) is 31.3 Å². The van der Waals surface area contributed by atoms with Gasteiger partial charge in [-0.1, -0.05) is 11.8 Å². The van der Waals surface area contributed by atoms with E-state index in [0.29, 0.717) is 27.3 Å². The van der Waals surface area contributed by atoms with Gasteiger partial charge in [-0.2, -0.15) is 0 Å². The van der Waals surface area contributed by atoms with E-state index < -0.39 is 0 Å². The molecule has 2 aromatic carbocycles. The smallest absolute Gasteiger partial charge is 0.211 e. The molecule has 4 rings (SSSR count). The minimum atomic E-state index is -0.389. The molecule has 0 aliphatic rings. The van der Waals surface area contributed by atoms with E-state index in [9.17, 15) is 13.6 Å². The molecule has 0 atom stereocenters. The lowest BCUT2D eigenvalue weighted by Crippen LogP contribution is -2.04. The Morgan fingerprint density at radius 1 is 1.08 bits per heavy atom. The number of ketones is 1. The fraction of sp³-hybridized carbons (Fsp3) is 0.111. The second-order valence-corrected chi connectivity index (χ2v) is 6.65. The molecule has 0 spiro atoms. The number of carbonyl (C=O) groups excluding carboxylic acids is 1. The van der Waals surface area contributed by atoms with Crippen LogP contribution in [0.1, 0.15) is 10.4 Å². The first-order chi connectivity index (χ1) is 12.5. The van der Waals surface area contributed by atoms with Crippen molar-refractivity contribution in [2.24, 2.45) is 7.05 Å². The van der Waals surface area contributed by atoms with Gasteiger partial charge in [-0.05, 0) is 42.5 Å². The van der Waals surface area contributed by atoms with E-state index in [-0.39, 0.29) is 23.2 Å². The minimum absolute atomic E-state index is 0.109. The summed E-state index contributed by atoms with van der Waals surface area (Å²) in [5.74, 6) is -0.787. The molecule has 0 fully saturated rings. The first-order valence-electron chi connectivity index (χ1n) is 7.73. The number of thioether (sulfide) groups is 1. The van der Waals surface area contributed by atoms with Crippen LogP contribution in [-0.2, 0) is 7.05 Å². The topological polar surface area (TPSA) is 60.7 Å². The van der Waals surface area contributed by atoms with Gasteiger partial charge in [-0.25, -0.2) is 13.8 Å². The third-order valence-electron chi connectivity index (χ3n) is 4.04. The maximum atomic E-state index is 13.5. The molecule has 0 radical (unpaired) electrons. The number of aryl methyl sites for hydroxylation is 1. The number of carbonyl (C=O) groups is 1. The number of hydrogen-bond acceptors (Lipinski definition) is 5. The molecule has 0 N–H and O–H groups in total. The molecule has 0 unspecified atom stereocenters. The fourth-order valence-electron chi connectivity index (χ4n) is 2.73. The van der Waals surface area contributed by atoms with Crippen LogP contribution in [0.15, 0.2) is 47.6 Å². The zero-order valence-electron chi connectivity index (χ0n) is 13.6. The Balaban J connectivity index is 1.61. The second kappa shape index (κ2) is 6.45. The molecule has 2 heterocycles. The lowest BCUT2D eigenvalue weighted by Gasteiger charge is -2.01. The van der Waals surface area contributed by atoms with Crippen molar-refractivity contribution < 1.29 is 13.6 Å². The Kier molecular flexibility index (Phi) is 4.12. The summed E-state index contributed by atoms with van der Waals surface area (Å²) in [7, 11) is 1.81. The Morgan fingerprint density at radius 3 is 2.58 bits per heavy atom. The zero-order chi connectivity index (χ0) is 18.3. The predicted octanol–water partition coefficient (Wildman–Crippen LogP) is 3.77. The van der Waals surface area contributed by atoms with Crippen molar-refractivity contribution in [1.82, 2.24) is 19.7 Å². The molecule has 0 saturated heterocycles. The van der Waals surface area contributed by atoms with Gasteiger partial charge in [-0.15, -0.1) is 10.2 Å². The van der Waals surface area contributed by atoms with Gasteiger partial charge in [0.1, 0.15) is 17.2 Å². The third kappa shape index (κ3) is 2.92. The van der Waals surface area contributed by atoms with E-state index in [2.05, 4.69) is 15.2 Å². The quantitative estimate of drug-likeness (QED) is 0.404. The van der Waals surface area contributed by atoms with Gasteiger partial charge in [0.25, 0.3) is 0 Å². The standard InChI is InChI=1S/C18H12F2N4OS/c1-24-14-7-6-12(20)8-13(14)16-17(24)21-18(23-22-16)26-9-15(25)10-2-4-11(19)5-3-10/h2-8H,9H2,1H3. The van der Waals surface area contributed by atoms with Crippen LogP contribution < -0.4 is 0 Å². The van der Waals surface area contributed by atoms with Crippen LogP contribution >= 0.6 is 11.8 Å². The third-order valence-corrected chi connectivity index (χ3v) is 4.88. The molecule has 0 amide bonds. The van der Waals surface area contributed by atoms with Gasteiger partial charge < -0.3 is 4.57 Å². The van der Waals surface area contributed by atoms with E-state index in [1.807, 2.05) is 11.6 Å². The van der Waals surface area contributed by atoms with Crippen molar-refractivity contribution >= 4 is 39.6 Å². The van der Waals surface area contributed by atoms with Crippen molar-refractivity contribution in [1.29, 1.82) is 0 Å². The highest BCUT2D eigenvalue weighted by atomic mass is 32.2. The average molecular weight is 370 g/mol. The van der Waals surface area contributed by atoms with Gasteiger partial charge in [-0.3, -0.25) is 4.79 Å². The van der Waals surface area contributed by atoms with Gasteiger partial charge >= 0.3 is 0 Å². The summed E-state index contributed by atoms with van der Waals surface area (Å²) in [6.45, 7) is 0. The Morgan fingerprint density at radius 2 is 1.81 bits per heavy atom. The number of fused-ring (bicyclic) bond motifs is 3. The van der Waals surface area contributed by atoms with Crippen LogP contribution in [0, 0.1) is 11.6 Å². The van der Waals surface area contributed by atoms with Crippen LogP contribution in [0.4, 0.5) is 8.78 Å². The van der Waals surface area contributed by atoms with Crippen molar-refractivity contribution in [3.05, 3.63) is 59.7 Å².